The van der Waals surface area contributed by atoms with E-state index in [9.17, 15) is 22.0 Å². The molecule has 5 aromatic rings. The molecule has 49 heavy (non-hydrogen) atoms. The second-order valence-electron chi connectivity index (χ2n) is 13.1. The molecule has 0 spiro atoms. The molecule has 9 nitrogen and oxygen atoms in total. The third-order valence-corrected chi connectivity index (χ3v) is 10.8. The average molecular weight is 699 g/mol. The Morgan fingerprint density at radius 1 is 0.898 bits per heavy atom. The molecule has 0 saturated carbocycles. The fourth-order valence-corrected chi connectivity index (χ4v) is 6.63. The van der Waals surface area contributed by atoms with E-state index in [2.05, 4.69) is 55.5 Å². The van der Waals surface area contributed by atoms with Gasteiger partial charge in [-0.05, 0) is 70.0 Å². The Bertz CT molecular complexity index is 2030. The van der Waals surface area contributed by atoms with Crippen molar-refractivity contribution in [1.82, 2.24) is 14.8 Å². The first-order chi connectivity index (χ1) is 23.2. The Kier molecular flexibility index (Phi) is 11.0. The number of benzene rings is 4. The van der Waals surface area contributed by atoms with E-state index in [4.69, 9.17) is 4.52 Å². The van der Waals surface area contributed by atoms with E-state index in [-0.39, 0.29) is 34.4 Å². The number of carbonyl (C=O) groups is 1. The molecule has 0 saturated heterocycles. The maximum Gasteiger partial charge on any atom is 0.251 e. The predicted molar refractivity (Wildman–Crippen MR) is 191 cm³/mol. The number of hydrogen-bond donors (Lipinski definition) is 1. The first-order valence-corrected chi connectivity index (χ1v) is 18.5. The van der Waals surface area contributed by atoms with E-state index in [1.807, 2.05) is 42.5 Å². The highest BCUT2D eigenvalue weighted by Crippen LogP contribution is 2.34. The van der Waals surface area contributed by atoms with Crippen LogP contribution in [0.15, 0.2) is 113 Å². The number of aromatic nitrogens is 1. The SMILES string of the molecule is CN(C)S(=O)(=O)c1ccc(-c2cccc(-c3cc(C(Cc4ccc(C(=O)NCCS(=O)[O-])cc4)c4ccc(C(C)(C)C)cc4)no3)c2)cc1. The number of sulfonamides is 1. The molecule has 1 aromatic heterocycles. The zero-order valence-electron chi connectivity index (χ0n) is 28.2. The van der Waals surface area contributed by atoms with Gasteiger partial charge in [-0.3, -0.25) is 9.00 Å². The van der Waals surface area contributed by atoms with Crippen LogP contribution in [0.25, 0.3) is 22.5 Å². The van der Waals surface area contributed by atoms with Crippen LogP contribution in [0.4, 0.5) is 0 Å². The van der Waals surface area contributed by atoms with Crippen LogP contribution in [-0.2, 0) is 32.9 Å². The fourth-order valence-electron chi connectivity index (χ4n) is 5.46. The van der Waals surface area contributed by atoms with Crippen molar-refractivity contribution in [2.45, 2.75) is 43.4 Å². The monoisotopic (exact) mass is 698 g/mol. The van der Waals surface area contributed by atoms with Crippen LogP contribution in [0.2, 0.25) is 0 Å². The van der Waals surface area contributed by atoms with Crippen molar-refractivity contribution >= 4 is 27.0 Å². The smallest absolute Gasteiger partial charge is 0.251 e. The molecular formula is C38H40N3O6S2-. The summed E-state index contributed by atoms with van der Waals surface area (Å²) < 4.78 is 53.8. The third-order valence-electron chi connectivity index (χ3n) is 8.39. The lowest BCUT2D eigenvalue weighted by Crippen LogP contribution is -2.27. The molecule has 2 unspecified atom stereocenters. The zero-order valence-corrected chi connectivity index (χ0v) is 29.8. The van der Waals surface area contributed by atoms with Gasteiger partial charge >= 0.3 is 0 Å². The number of nitrogens with zero attached hydrogens (tertiary/aromatic N) is 2. The normalized spacial score (nSPS) is 13.3. The molecular weight excluding hydrogens is 659 g/mol. The van der Waals surface area contributed by atoms with Gasteiger partial charge in [0.15, 0.2) is 5.76 Å². The van der Waals surface area contributed by atoms with Crippen LogP contribution in [0.3, 0.4) is 0 Å². The van der Waals surface area contributed by atoms with Crippen LogP contribution in [-0.4, -0.2) is 58.9 Å². The largest absolute Gasteiger partial charge is 0.772 e. The molecule has 2 atom stereocenters. The molecule has 0 bridgehead atoms. The van der Waals surface area contributed by atoms with Crippen molar-refractivity contribution < 1.29 is 26.5 Å². The van der Waals surface area contributed by atoms with E-state index < -0.39 is 21.1 Å². The van der Waals surface area contributed by atoms with Gasteiger partial charge in [-0.1, -0.05) is 104 Å². The molecule has 5 rings (SSSR count). The zero-order chi connectivity index (χ0) is 35.3. The number of nitrogens with one attached hydrogen (secondary N) is 1. The van der Waals surface area contributed by atoms with Gasteiger partial charge in [0, 0.05) is 49.5 Å². The lowest BCUT2D eigenvalue weighted by atomic mass is 9.83. The fraction of sp³-hybridized carbons (Fsp3) is 0.263. The summed E-state index contributed by atoms with van der Waals surface area (Å²) in [5.41, 5.74) is 7.10. The molecule has 0 fully saturated rings. The van der Waals surface area contributed by atoms with Crippen LogP contribution < -0.4 is 5.32 Å². The van der Waals surface area contributed by atoms with Crippen LogP contribution in [0.1, 0.15) is 59.4 Å². The van der Waals surface area contributed by atoms with Crippen LogP contribution >= 0.6 is 0 Å². The molecule has 11 heteroatoms. The van der Waals surface area contributed by atoms with Gasteiger partial charge in [0.25, 0.3) is 5.91 Å². The molecule has 0 aliphatic heterocycles. The van der Waals surface area contributed by atoms with Crippen LogP contribution in [0, 0.1) is 0 Å². The van der Waals surface area contributed by atoms with E-state index >= 15 is 0 Å². The first-order valence-electron chi connectivity index (χ1n) is 15.9. The third kappa shape index (κ3) is 8.79. The maximum absolute atomic E-state index is 12.5. The minimum atomic E-state index is -3.53. The summed E-state index contributed by atoms with van der Waals surface area (Å²) in [4.78, 5) is 12.7. The summed E-state index contributed by atoms with van der Waals surface area (Å²) in [5.74, 6) is -0.0112. The summed E-state index contributed by atoms with van der Waals surface area (Å²) >= 11 is -2.22. The van der Waals surface area contributed by atoms with Crippen molar-refractivity contribution in [2.75, 3.05) is 26.4 Å². The Morgan fingerprint density at radius 2 is 1.55 bits per heavy atom. The Labute approximate surface area is 290 Å². The van der Waals surface area contributed by atoms with Crippen molar-refractivity contribution in [2.24, 2.45) is 0 Å². The molecule has 0 radical (unpaired) electrons. The van der Waals surface area contributed by atoms with E-state index in [1.54, 1.807) is 36.4 Å². The van der Waals surface area contributed by atoms with Gasteiger partial charge < -0.3 is 14.4 Å². The minimum Gasteiger partial charge on any atom is -0.772 e. The summed E-state index contributed by atoms with van der Waals surface area (Å²) in [7, 11) is -0.511. The summed E-state index contributed by atoms with van der Waals surface area (Å²) in [6.45, 7) is 6.58. The van der Waals surface area contributed by atoms with Crippen molar-refractivity contribution in [3.8, 4) is 22.5 Å². The molecule has 256 valence electrons. The average Bonchev–Trinajstić information content (AvgIpc) is 3.57. The highest BCUT2D eigenvalue weighted by atomic mass is 32.2. The minimum absolute atomic E-state index is 0.000163. The highest BCUT2D eigenvalue weighted by Gasteiger charge is 2.22. The van der Waals surface area contributed by atoms with E-state index in [0.717, 1.165) is 33.5 Å². The lowest BCUT2D eigenvalue weighted by Gasteiger charge is -2.21. The number of amides is 1. The summed E-state index contributed by atoms with van der Waals surface area (Å²) in [5, 5.41) is 7.15. The second-order valence-corrected chi connectivity index (χ2v) is 16.3. The number of hydrogen-bond acceptors (Lipinski definition) is 7. The van der Waals surface area contributed by atoms with E-state index in [0.29, 0.717) is 17.7 Å². The maximum atomic E-state index is 12.5. The molecule has 1 amide bonds. The quantitative estimate of drug-likeness (QED) is 0.146. The molecule has 4 aromatic carbocycles. The van der Waals surface area contributed by atoms with Gasteiger partial charge in [0.1, 0.15) is 0 Å². The van der Waals surface area contributed by atoms with Crippen molar-refractivity contribution in [3.63, 3.8) is 0 Å². The molecule has 1 heterocycles. The summed E-state index contributed by atoms with van der Waals surface area (Å²) in [6.07, 6.45) is 0.597. The van der Waals surface area contributed by atoms with Crippen molar-refractivity contribution in [3.05, 3.63) is 131 Å². The highest BCUT2D eigenvalue weighted by molar-refractivity contribution is 7.89. The van der Waals surface area contributed by atoms with Gasteiger partial charge in [0.05, 0.1) is 10.6 Å². The predicted octanol–water partition coefficient (Wildman–Crippen LogP) is 6.54. The number of rotatable bonds is 12. The second kappa shape index (κ2) is 15.0. The molecule has 1 N–H and O–H groups in total. The topological polar surface area (TPSA) is 133 Å². The Morgan fingerprint density at radius 3 is 2.16 bits per heavy atom. The number of carbonyl (C=O) groups excluding carboxylic acids is 1. The lowest BCUT2D eigenvalue weighted by molar-refractivity contribution is 0.0956. The Balaban J connectivity index is 1.42. The standard InChI is InChI=1S/C38H41N3O6S2/c1-38(2,3)32-17-13-28(14-18-32)34(23-26-9-11-29(12-10-26)37(42)39-21-22-48(43)44)35-25-36(47-40-35)31-8-6-7-30(24-31)27-15-19-33(20-16-27)49(45,46)41(4)5/h6-20,24-25,34H,21-23H2,1-5H3,(H,39,42)(H,43,44)/p-1. The van der Waals surface area contributed by atoms with Gasteiger partial charge in [-0.2, -0.15) is 0 Å². The van der Waals surface area contributed by atoms with Crippen LogP contribution in [0.5, 0.6) is 0 Å². The Hall–Kier alpha value is -4.42. The summed E-state index contributed by atoms with van der Waals surface area (Å²) in [6, 6.07) is 32.4. The van der Waals surface area contributed by atoms with Gasteiger partial charge in [0.2, 0.25) is 10.0 Å². The molecule has 0 aliphatic carbocycles. The molecule has 0 aliphatic rings. The van der Waals surface area contributed by atoms with Gasteiger partial charge in [-0.15, -0.1) is 0 Å². The van der Waals surface area contributed by atoms with E-state index in [1.165, 1.54) is 24.0 Å². The van der Waals surface area contributed by atoms with Gasteiger partial charge in [-0.25, -0.2) is 12.7 Å². The van der Waals surface area contributed by atoms with Crippen molar-refractivity contribution in [1.29, 1.82) is 0 Å². The first kappa shape index (κ1) is 35.9.